The van der Waals surface area contributed by atoms with Gasteiger partial charge in [0, 0.05) is 6.04 Å². The van der Waals surface area contributed by atoms with Crippen LogP contribution in [0.5, 0.6) is 0 Å². The molecule has 0 aromatic carbocycles. The van der Waals surface area contributed by atoms with Gasteiger partial charge in [-0.25, -0.2) is 15.0 Å². The lowest BCUT2D eigenvalue weighted by Crippen LogP contribution is -2.45. The number of amides is 1. The highest BCUT2D eigenvalue weighted by molar-refractivity contribution is 6.33. The third-order valence-electron chi connectivity index (χ3n) is 4.31. The molecule has 9 nitrogen and oxygen atoms in total. The van der Waals surface area contributed by atoms with E-state index in [1.165, 1.54) is 6.33 Å². The van der Waals surface area contributed by atoms with Crippen LogP contribution in [0, 0.1) is 0 Å². The molecule has 0 unspecified atom stereocenters. The van der Waals surface area contributed by atoms with Crippen LogP contribution in [0.1, 0.15) is 33.9 Å². The zero-order valence-electron chi connectivity index (χ0n) is 14.8. The van der Waals surface area contributed by atoms with Gasteiger partial charge in [-0.2, -0.15) is 0 Å². The van der Waals surface area contributed by atoms with Crippen molar-refractivity contribution >= 4 is 28.7 Å². The minimum atomic E-state index is -0.823. The molecule has 4 rings (SSSR count). The molecule has 0 saturated carbocycles. The van der Waals surface area contributed by atoms with Crippen LogP contribution in [-0.4, -0.2) is 55.6 Å². The Morgan fingerprint density at radius 3 is 2.73 bits per heavy atom. The smallest absolute Gasteiger partial charge is 0.252 e. The number of nitrogens with zero attached hydrogens (tertiary/aromatic N) is 4. The number of halogens is 1. The first-order valence-electron chi connectivity index (χ1n) is 8.41. The van der Waals surface area contributed by atoms with Crippen LogP contribution in [-0.2, 0) is 19.0 Å². The van der Waals surface area contributed by atoms with Gasteiger partial charge in [-0.3, -0.25) is 9.36 Å². The summed E-state index contributed by atoms with van der Waals surface area (Å²) in [7, 11) is 0. The van der Waals surface area contributed by atoms with E-state index in [4.69, 9.17) is 25.8 Å². The van der Waals surface area contributed by atoms with E-state index in [0.717, 1.165) is 0 Å². The van der Waals surface area contributed by atoms with Gasteiger partial charge in [-0.15, -0.1) is 0 Å². The molecule has 26 heavy (non-hydrogen) atoms. The highest BCUT2D eigenvalue weighted by atomic mass is 35.5. The number of fused-ring (bicyclic) bond motifs is 2. The van der Waals surface area contributed by atoms with Crippen LogP contribution in [0.25, 0.3) is 11.2 Å². The summed E-state index contributed by atoms with van der Waals surface area (Å²) in [4.78, 5) is 25.0. The summed E-state index contributed by atoms with van der Waals surface area (Å²) < 4.78 is 19.7. The van der Waals surface area contributed by atoms with Gasteiger partial charge in [0.2, 0.25) is 0 Å². The summed E-state index contributed by atoms with van der Waals surface area (Å²) >= 11 is 6.08. The predicted octanol–water partition coefficient (Wildman–Crippen LogP) is 1.42. The summed E-state index contributed by atoms with van der Waals surface area (Å²) in [5.41, 5.74) is 0.967. The van der Waals surface area contributed by atoms with Crippen molar-refractivity contribution in [3.8, 4) is 0 Å². The Hall–Kier alpha value is -1.81. The quantitative estimate of drug-likeness (QED) is 0.802. The summed E-state index contributed by atoms with van der Waals surface area (Å²) in [6.07, 6.45) is 0.464. The van der Waals surface area contributed by atoms with Crippen molar-refractivity contribution in [3.63, 3.8) is 0 Å². The SMILES string of the molecule is CC(C)NC(=O)[C@H]1O[C@@H](n2cnc3c(Cl)ncnc32)[C@@H]2OC(C)(C)O[C@@H]21. The first-order valence-corrected chi connectivity index (χ1v) is 8.79. The van der Waals surface area contributed by atoms with Crippen molar-refractivity contribution in [2.75, 3.05) is 0 Å². The molecule has 1 N–H and O–H groups in total. The Morgan fingerprint density at radius 1 is 1.27 bits per heavy atom. The largest absolute Gasteiger partial charge is 0.352 e. The van der Waals surface area contributed by atoms with Crippen LogP contribution in [0.4, 0.5) is 0 Å². The second-order valence-corrected chi connectivity index (χ2v) is 7.52. The molecule has 4 heterocycles. The van der Waals surface area contributed by atoms with Crippen LogP contribution in [0.15, 0.2) is 12.7 Å². The Kier molecular flexibility index (Phi) is 4.14. The molecular weight excluding hydrogens is 362 g/mol. The van der Waals surface area contributed by atoms with Crippen molar-refractivity contribution in [1.29, 1.82) is 0 Å². The van der Waals surface area contributed by atoms with Crippen LogP contribution < -0.4 is 5.32 Å². The lowest BCUT2D eigenvalue weighted by atomic mass is 10.1. The van der Waals surface area contributed by atoms with E-state index in [0.29, 0.717) is 11.2 Å². The van der Waals surface area contributed by atoms with Gasteiger partial charge in [0.05, 0.1) is 6.33 Å². The number of hydrogen-bond donors (Lipinski definition) is 1. The lowest BCUT2D eigenvalue weighted by molar-refractivity contribution is -0.197. The molecule has 2 fully saturated rings. The number of imidazole rings is 1. The van der Waals surface area contributed by atoms with Crippen molar-refractivity contribution in [2.45, 2.75) is 64.1 Å². The van der Waals surface area contributed by atoms with Gasteiger partial charge in [-0.05, 0) is 27.7 Å². The number of ether oxygens (including phenoxy) is 3. The molecule has 2 saturated heterocycles. The number of rotatable bonds is 3. The third kappa shape index (κ3) is 2.84. The molecule has 0 bridgehead atoms. The molecule has 0 spiro atoms. The molecule has 1 amide bonds. The van der Waals surface area contributed by atoms with E-state index in [2.05, 4.69) is 20.3 Å². The topological polar surface area (TPSA) is 100 Å². The highest BCUT2D eigenvalue weighted by Crippen LogP contribution is 2.43. The highest BCUT2D eigenvalue weighted by Gasteiger charge is 2.58. The summed E-state index contributed by atoms with van der Waals surface area (Å²) in [5.74, 6) is -1.06. The predicted molar refractivity (Wildman–Crippen MR) is 91.3 cm³/mol. The van der Waals surface area contributed by atoms with Crippen molar-refractivity contribution in [2.24, 2.45) is 0 Å². The molecule has 2 aromatic heterocycles. The van der Waals surface area contributed by atoms with Crippen molar-refractivity contribution < 1.29 is 19.0 Å². The minimum absolute atomic E-state index is 0.0143. The van der Waals surface area contributed by atoms with E-state index < -0.39 is 30.3 Å². The fourth-order valence-corrected chi connectivity index (χ4v) is 3.57. The summed E-state index contributed by atoms with van der Waals surface area (Å²) in [6, 6.07) is -0.0143. The van der Waals surface area contributed by atoms with Gasteiger partial charge in [0.25, 0.3) is 5.91 Å². The molecule has 0 aliphatic carbocycles. The minimum Gasteiger partial charge on any atom is -0.352 e. The molecule has 0 radical (unpaired) electrons. The fraction of sp³-hybridized carbons (Fsp3) is 0.625. The van der Waals surface area contributed by atoms with Crippen molar-refractivity contribution in [1.82, 2.24) is 24.8 Å². The number of carbonyl (C=O) groups excluding carboxylic acids is 1. The zero-order valence-corrected chi connectivity index (χ0v) is 15.6. The van der Waals surface area contributed by atoms with E-state index in [9.17, 15) is 4.79 Å². The molecule has 10 heteroatoms. The average Bonchev–Trinajstić information content (AvgIpc) is 3.17. The standard InChI is InChI=1S/C16H20ClN5O4/c1-7(2)21-14(23)10-9-11(26-16(3,4)25-9)15(24-10)22-6-20-8-12(17)18-5-19-13(8)22/h5-7,9-11,15H,1-4H3,(H,21,23)/t9-,10+,11-,15-/m1/s1. The molecule has 2 aromatic rings. The Balaban J connectivity index is 1.72. The fourth-order valence-electron chi connectivity index (χ4n) is 3.39. The average molecular weight is 382 g/mol. The molecule has 2 aliphatic heterocycles. The first kappa shape index (κ1) is 17.6. The molecule has 4 atom stereocenters. The maximum absolute atomic E-state index is 12.6. The summed E-state index contributed by atoms with van der Waals surface area (Å²) in [6.45, 7) is 7.40. The lowest BCUT2D eigenvalue weighted by Gasteiger charge is -2.24. The second-order valence-electron chi connectivity index (χ2n) is 7.16. The van der Waals surface area contributed by atoms with Crippen LogP contribution in [0.3, 0.4) is 0 Å². The number of nitrogens with one attached hydrogen (secondary N) is 1. The van der Waals surface area contributed by atoms with E-state index in [-0.39, 0.29) is 17.1 Å². The van der Waals surface area contributed by atoms with Gasteiger partial charge >= 0.3 is 0 Å². The molecule has 140 valence electrons. The second kappa shape index (κ2) is 6.12. The van der Waals surface area contributed by atoms with Gasteiger partial charge in [-0.1, -0.05) is 11.6 Å². The normalized spacial score (nSPS) is 30.1. The number of carbonyl (C=O) groups is 1. The Morgan fingerprint density at radius 2 is 2.00 bits per heavy atom. The number of hydrogen-bond acceptors (Lipinski definition) is 7. The summed E-state index contributed by atoms with van der Waals surface area (Å²) in [5, 5.41) is 3.12. The van der Waals surface area contributed by atoms with E-state index in [1.54, 1.807) is 10.9 Å². The Labute approximate surface area is 155 Å². The van der Waals surface area contributed by atoms with E-state index >= 15 is 0 Å². The number of aromatic nitrogens is 4. The van der Waals surface area contributed by atoms with Gasteiger partial charge in [0.15, 0.2) is 28.9 Å². The molecular formula is C16H20ClN5O4. The van der Waals surface area contributed by atoms with Crippen molar-refractivity contribution in [3.05, 3.63) is 17.8 Å². The maximum atomic E-state index is 12.6. The molecule has 2 aliphatic rings. The Bertz CT molecular complexity index is 854. The monoisotopic (exact) mass is 381 g/mol. The zero-order chi connectivity index (χ0) is 18.6. The maximum Gasteiger partial charge on any atom is 0.252 e. The third-order valence-corrected chi connectivity index (χ3v) is 4.58. The first-order chi connectivity index (χ1) is 12.3. The van der Waals surface area contributed by atoms with E-state index in [1.807, 2.05) is 27.7 Å². The van der Waals surface area contributed by atoms with Gasteiger partial charge in [0.1, 0.15) is 24.1 Å². The van der Waals surface area contributed by atoms with Gasteiger partial charge < -0.3 is 19.5 Å². The van der Waals surface area contributed by atoms with Crippen LogP contribution in [0.2, 0.25) is 5.15 Å². The van der Waals surface area contributed by atoms with Crippen LogP contribution >= 0.6 is 11.6 Å².